The maximum atomic E-state index is 11.0. The molecule has 0 bridgehead atoms. The van der Waals surface area contributed by atoms with E-state index in [1.807, 2.05) is 30.3 Å². The lowest BCUT2D eigenvalue weighted by molar-refractivity contribution is -0.160. The van der Waals surface area contributed by atoms with Crippen LogP contribution >= 0.6 is 11.8 Å². The van der Waals surface area contributed by atoms with Gasteiger partial charge in [-0.1, -0.05) is 55.8 Å². The van der Waals surface area contributed by atoms with Crippen LogP contribution in [0.4, 0.5) is 0 Å². The molecule has 0 amide bonds. The molecule has 1 aliphatic heterocycles. The lowest BCUT2D eigenvalue weighted by Gasteiger charge is -2.47. The molecule has 7 nitrogen and oxygen atoms in total. The van der Waals surface area contributed by atoms with Crippen molar-refractivity contribution in [3.05, 3.63) is 40.8 Å². The van der Waals surface area contributed by atoms with Gasteiger partial charge in [0.25, 0.3) is 0 Å². The molecule has 1 unspecified atom stereocenters. The van der Waals surface area contributed by atoms with Crippen molar-refractivity contribution in [2.75, 3.05) is 6.61 Å². The molecular weight excluding hydrogens is 382 g/mol. The predicted octanol–water partition coefficient (Wildman–Crippen LogP) is 3.93. The van der Waals surface area contributed by atoms with Gasteiger partial charge in [0.2, 0.25) is 0 Å². The summed E-state index contributed by atoms with van der Waals surface area (Å²) < 4.78 is 12.4. The highest BCUT2D eigenvalue weighted by Gasteiger charge is 2.49. The van der Waals surface area contributed by atoms with Gasteiger partial charge in [0.15, 0.2) is 8.32 Å². The van der Waals surface area contributed by atoms with Crippen LogP contribution < -0.4 is 0 Å². The third-order valence-electron chi connectivity index (χ3n) is 5.24. The number of hydrogen-bond acceptors (Lipinski definition) is 6. The van der Waals surface area contributed by atoms with Crippen LogP contribution in [0.2, 0.25) is 18.1 Å². The molecule has 5 atom stereocenters. The molecule has 2 rings (SSSR count). The normalized spacial score (nSPS) is 29.2. The summed E-state index contributed by atoms with van der Waals surface area (Å²) in [5, 5.41) is 24.6. The largest absolute Gasteiger partial charge is 0.409 e. The van der Waals surface area contributed by atoms with Crippen molar-refractivity contribution in [2.24, 2.45) is 5.11 Å². The molecule has 2 N–H and O–H groups in total. The fourth-order valence-corrected chi connectivity index (χ4v) is 5.09. The molecule has 150 valence electrons. The van der Waals surface area contributed by atoms with Crippen molar-refractivity contribution >= 4 is 20.1 Å². The third kappa shape index (κ3) is 5.26. The van der Waals surface area contributed by atoms with Crippen molar-refractivity contribution in [3.63, 3.8) is 0 Å². The van der Waals surface area contributed by atoms with E-state index in [0.717, 1.165) is 4.90 Å². The van der Waals surface area contributed by atoms with E-state index in [0.29, 0.717) is 0 Å². The van der Waals surface area contributed by atoms with E-state index in [1.54, 1.807) is 0 Å². The highest BCUT2D eigenvalue weighted by atomic mass is 32.2. The van der Waals surface area contributed by atoms with E-state index in [4.69, 9.17) is 14.7 Å². The maximum absolute atomic E-state index is 11.0. The van der Waals surface area contributed by atoms with Crippen molar-refractivity contribution in [3.8, 4) is 0 Å². The Bertz CT molecular complexity index is 664. The van der Waals surface area contributed by atoms with Crippen molar-refractivity contribution in [1.29, 1.82) is 0 Å². The number of ether oxygens (including phenoxy) is 1. The zero-order chi connectivity index (χ0) is 20.2. The molecule has 1 fully saturated rings. The number of aliphatic hydroxyl groups excluding tert-OH is 2. The van der Waals surface area contributed by atoms with E-state index in [9.17, 15) is 10.2 Å². The minimum Gasteiger partial charge on any atom is -0.409 e. The van der Waals surface area contributed by atoms with Crippen LogP contribution in [0.25, 0.3) is 10.4 Å². The van der Waals surface area contributed by atoms with Crippen molar-refractivity contribution < 1.29 is 19.4 Å². The first-order chi connectivity index (χ1) is 12.6. The molecule has 9 heteroatoms. The summed E-state index contributed by atoms with van der Waals surface area (Å²) >= 11 is 1.36. The van der Waals surface area contributed by atoms with E-state index >= 15 is 0 Å². The molecule has 0 saturated carbocycles. The zero-order valence-corrected chi connectivity index (χ0v) is 18.3. The summed E-state index contributed by atoms with van der Waals surface area (Å²) in [6.45, 7) is 10.2. The summed E-state index contributed by atoms with van der Waals surface area (Å²) in [7, 11) is -2.23. The Hall–Kier alpha value is -1.06. The Morgan fingerprint density at radius 1 is 1.30 bits per heavy atom. The number of rotatable bonds is 6. The van der Waals surface area contributed by atoms with Gasteiger partial charge in [0.05, 0.1) is 18.8 Å². The fraction of sp³-hybridized carbons (Fsp3) is 0.667. The van der Waals surface area contributed by atoms with Crippen LogP contribution in [0.5, 0.6) is 0 Å². The summed E-state index contributed by atoms with van der Waals surface area (Å²) in [5.41, 5.74) is 8.38. The number of aliphatic hydroxyl groups is 2. The minimum absolute atomic E-state index is 0.0731. The molecule has 0 aromatic heterocycles. The standard InChI is InChI=1S/C18H29N3O4SSi/c1-18(2,3)27(4,5)25-16-13(11-22)24-17(14(15(16)23)20-21-19)26-12-9-7-6-8-10-12/h6-10,13-17,22-23H,11H2,1-5H3/t13-,14-,15-,16-,17?/m1/s1. The molecule has 27 heavy (non-hydrogen) atoms. The van der Waals surface area contributed by atoms with Gasteiger partial charge < -0.3 is 19.4 Å². The Kier molecular flexibility index (Phi) is 7.38. The van der Waals surface area contributed by atoms with Crippen LogP contribution in [0.1, 0.15) is 20.8 Å². The summed E-state index contributed by atoms with van der Waals surface area (Å²) in [6, 6.07) is 8.72. The first-order valence-electron chi connectivity index (χ1n) is 8.99. The summed E-state index contributed by atoms with van der Waals surface area (Å²) in [4.78, 5) is 3.82. The summed E-state index contributed by atoms with van der Waals surface area (Å²) in [5.74, 6) is 0. The fourth-order valence-electron chi connectivity index (χ4n) is 2.63. The molecule has 1 heterocycles. The van der Waals surface area contributed by atoms with Crippen LogP contribution in [0.15, 0.2) is 40.3 Å². The molecule has 0 spiro atoms. The molecule has 1 aromatic carbocycles. The molecule has 0 aliphatic carbocycles. The van der Waals surface area contributed by atoms with Gasteiger partial charge in [-0.05, 0) is 35.8 Å². The van der Waals surface area contributed by atoms with Gasteiger partial charge >= 0.3 is 0 Å². The molecule has 1 aromatic rings. The van der Waals surface area contributed by atoms with Gasteiger partial charge in [-0.25, -0.2) is 0 Å². The van der Waals surface area contributed by atoms with Gasteiger partial charge in [0, 0.05) is 9.81 Å². The average Bonchev–Trinajstić information content (AvgIpc) is 2.60. The van der Waals surface area contributed by atoms with E-state index in [1.165, 1.54) is 11.8 Å². The molecular formula is C18H29N3O4SSi. The SMILES string of the molecule is CC(C)(C)[Si](C)(C)O[C@H]1[C@H](O)[C@@H](N=[N+]=[N-])C(Sc2ccccc2)O[C@@H]1CO. The second-order valence-corrected chi connectivity index (χ2v) is 14.1. The van der Waals surface area contributed by atoms with Gasteiger partial charge in [-0.3, -0.25) is 0 Å². The second-order valence-electron chi connectivity index (χ2n) is 8.19. The number of benzene rings is 1. The smallest absolute Gasteiger partial charge is 0.192 e. The Morgan fingerprint density at radius 3 is 2.44 bits per heavy atom. The first kappa shape index (κ1) is 22.2. The molecule has 0 radical (unpaired) electrons. The first-order valence-corrected chi connectivity index (χ1v) is 12.8. The monoisotopic (exact) mass is 411 g/mol. The third-order valence-corrected chi connectivity index (χ3v) is 10.9. The van der Waals surface area contributed by atoms with Crippen LogP contribution in [-0.2, 0) is 9.16 Å². The minimum atomic E-state index is -2.23. The number of azide groups is 1. The average molecular weight is 412 g/mol. The predicted molar refractivity (Wildman–Crippen MR) is 109 cm³/mol. The summed E-state index contributed by atoms with van der Waals surface area (Å²) in [6.07, 6.45) is -2.51. The lowest BCUT2D eigenvalue weighted by Crippen LogP contribution is -2.61. The number of nitrogens with zero attached hydrogens (tertiary/aromatic N) is 3. The van der Waals surface area contributed by atoms with Crippen molar-refractivity contribution in [1.82, 2.24) is 0 Å². The maximum Gasteiger partial charge on any atom is 0.192 e. The van der Waals surface area contributed by atoms with E-state index in [-0.39, 0.29) is 11.6 Å². The van der Waals surface area contributed by atoms with E-state index < -0.39 is 38.1 Å². The van der Waals surface area contributed by atoms with E-state index in [2.05, 4.69) is 43.9 Å². The van der Waals surface area contributed by atoms with Gasteiger partial charge in [-0.15, -0.1) is 0 Å². The highest BCUT2D eigenvalue weighted by molar-refractivity contribution is 7.99. The van der Waals surface area contributed by atoms with Gasteiger partial charge in [-0.2, -0.15) is 0 Å². The van der Waals surface area contributed by atoms with Crippen LogP contribution in [-0.4, -0.2) is 54.9 Å². The zero-order valence-electron chi connectivity index (χ0n) is 16.4. The van der Waals surface area contributed by atoms with Gasteiger partial charge in [0.1, 0.15) is 17.6 Å². The molecule has 1 saturated heterocycles. The van der Waals surface area contributed by atoms with Crippen LogP contribution in [0.3, 0.4) is 0 Å². The second kappa shape index (κ2) is 8.96. The number of thioether (sulfide) groups is 1. The Morgan fingerprint density at radius 2 is 1.93 bits per heavy atom. The number of hydrogen-bond donors (Lipinski definition) is 2. The lowest BCUT2D eigenvalue weighted by atomic mass is 9.99. The van der Waals surface area contributed by atoms with Crippen LogP contribution in [0, 0.1) is 0 Å². The highest BCUT2D eigenvalue weighted by Crippen LogP contribution is 2.41. The topological polar surface area (TPSA) is 108 Å². The van der Waals surface area contributed by atoms with Crippen molar-refractivity contribution in [2.45, 2.75) is 73.6 Å². The quantitative estimate of drug-likeness (QED) is 0.319. The molecule has 1 aliphatic rings. The Balaban J connectivity index is 2.28. The Labute approximate surface area is 165 Å².